The van der Waals surface area contributed by atoms with Crippen LogP contribution in [0.5, 0.6) is 0 Å². The van der Waals surface area contributed by atoms with Crippen LogP contribution in [0, 0.1) is 0 Å². The fraction of sp³-hybridized carbons (Fsp3) is 0.357. The van der Waals surface area contributed by atoms with E-state index < -0.39 is 0 Å². The van der Waals surface area contributed by atoms with Crippen molar-refractivity contribution in [3.63, 3.8) is 0 Å². The molecule has 2 heterocycles. The van der Waals surface area contributed by atoms with Gasteiger partial charge in [-0.2, -0.15) is 0 Å². The quantitative estimate of drug-likeness (QED) is 0.858. The van der Waals surface area contributed by atoms with Gasteiger partial charge in [-0.05, 0) is 25.5 Å². The smallest absolute Gasteiger partial charge is 0.250 e. The average Bonchev–Trinajstić information content (AvgIpc) is 2.98. The molecular formula is C14H17N3O. The third kappa shape index (κ3) is 1.88. The van der Waals surface area contributed by atoms with Crippen LogP contribution in [0.15, 0.2) is 30.5 Å². The van der Waals surface area contributed by atoms with Crippen molar-refractivity contribution < 1.29 is 4.79 Å². The van der Waals surface area contributed by atoms with E-state index >= 15 is 0 Å². The minimum atomic E-state index is -0.357. The maximum atomic E-state index is 11.5. The predicted molar refractivity (Wildman–Crippen MR) is 71.5 cm³/mol. The zero-order chi connectivity index (χ0) is 12.5. The Morgan fingerprint density at radius 2 is 2.28 bits per heavy atom. The van der Waals surface area contributed by atoms with Crippen molar-refractivity contribution in [3.8, 4) is 0 Å². The number of fused-ring (bicyclic) bond motifs is 1. The lowest BCUT2D eigenvalue weighted by atomic mass is 10.2. The van der Waals surface area contributed by atoms with E-state index in [0.717, 1.165) is 24.0 Å². The van der Waals surface area contributed by atoms with Crippen molar-refractivity contribution >= 4 is 16.8 Å². The molecule has 4 heteroatoms. The van der Waals surface area contributed by atoms with E-state index in [9.17, 15) is 4.79 Å². The summed E-state index contributed by atoms with van der Waals surface area (Å²) in [6.07, 6.45) is 4.30. The largest absolute Gasteiger partial charge is 0.366 e. The van der Waals surface area contributed by atoms with Crippen LogP contribution in [0.2, 0.25) is 0 Å². The van der Waals surface area contributed by atoms with Crippen LogP contribution in [0.3, 0.4) is 0 Å². The normalized spacial score (nSPS) is 19.4. The molecule has 0 aliphatic carbocycles. The van der Waals surface area contributed by atoms with Crippen LogP contribution >= 0.6 is 0 Å². The highest BCUT2D eigenvalue weighted by Crippen LogP contribution is 2.22. The van der Waals surface area contributed by atoms with Crippen molar-refractivity contribution in [3.05, 3.63) is 36.0 Å². The molecule has 0 bridgehead atoms. The molecule has 18 heavy (non-hydrogen) atoms. The van der Waals surface area contributed by atoms with E-state index in [4.69, 9.17) is 5.73 Å². The molecule has 1 amide bonds. The van der Waals surface area contributed by atoms with Gasteiger partial charge in [0.05, 0.1) is 5.56 Å². The number of amides is 1. The van der Waals surface area contributed by atoms with Crippen LogP contribution in [-0.4, -0.2) is 23.1 Å². The Labute approximate surface area is 106 Å². The number of nitrogens with one attached hydrogen (secondary N) is 1. The number of nitrogens with zero attached hydrogens (tertiary/aromatic N) is 1. The lowest BCUT2D eigenvalue weighted by Gasteiger charge is -2.12. The Kier molecular flexibility index (Phi) is 2.80. The van der Waals surface area contributed by atoms with Gasteiger partial charge in [0.15, 0.2) is 0 Å². The molecule has 1 saturated heterocycles. The summed E-state index contributed by atoms with van der Waals surface area (Å²) < 4.78 is 2.14. The molecule has 0 radical (unpaired) electrons. The predicted octanol–water partition coefficient (Wildman–Crippen LogP) is 1.49. The molecule has 1 aliphatic rings. The molecule has 1 aromatic heterocycles. The van der Waals surface area contributed by atoms with Crippen LogP contribution in [-0.2, 0) is 6.54 Å². The van der Waals surface area contributed by atoms with Gasteiger partial charge in [0, 0.05) is 29.7 Å². The van der Waals surface area contributed by atoms with Crippen LogP contribution in [0.1, 0.15) is 23.2 Å². The molecule has 1 aromatic carbocycles. The first kappa shape index (κ1) is 11.3. The monoisotopic (exact) mass is 243 g/mol. The zero-order valence-corrected chi connectivity index (χ0v) is 10.2. The van der Waals surface area contributed by atoms with Crippen molar-refractivity contribution in [2.45, 2.75) is 25.4 Å². The van der Waals surface area contributed by atoms with Gasteiger partial charge in [-0.1, -0.05) is 18.2 Å². The summed E-state index contributed by atoms with van der Waals surface area (Å²) >= 11 is 0. The van der Waals surface area contributed by atoms with Crippen molar-refractivity contribution in [2.24, 2.45) is 5.73 Å². The number of nitrogens with two attached hydrogens (primary N) is 1. The summed E-state index contributed by atoms with van der Waals surface area (Å²) in [5.74, 6) is -0.357. The molecular weight excluding hydrogens is 226 g/mol. The van der Waals surface area contributed by atoms with Gasteiger partial charge < -0.3 is 15.6 Å². The standard InChI is InChI=1S/C14H17N3O/c15-14(18)12-9-17(8-10-4-3-7-16-10)13-6-2-1-5-11(12)13/h1-2,5-6,9-10,16H,3-4,7-8H2,(H2,15,18)/t10-/m0/s1. The van der Waals surface area contributed by atoms with E-state index in [1.54, 1.807) is 0 Å². The lowest BCUT2D eigenvalue weighted by molar-refractivity contribution is 0.100. The van der Waals surface area contributed by atoms with E-state index in [0.29, 0.717) is 11.6 Å². The minimum absolute atomic E-state index is 0.357. The Bertz CT molecular complexity index is 582. The number of aromatic nitrogens is 1. The summed E-state index contributed by atoms with van der Waals surface area (Å²) in [5, 5.41) is 4.42. The summed E-state index contributed by atoms with van der Waals surface area (Å²) in [5.41, 5.74) is 7.13. The first-order valence-corrected chi connectivity index (χ1v) is 6.37. The Morgan fingerprint density at radius 1 is 1.44 bits per heavy atom. The number of carbonyl (C=O) groups is 1. The highest BCUT2D eigenvalue weighted by atomic mass is 16.1. The van der Waals surface area contributed by atoms with Crippen LogP contribution in [0.4, 0.5) is 0 Å². The third-order valence-electron chi connectivity index (χ3n) is 3.63. The Balaban J connectivity index is 2.02. The first-order valence-electron chi connectivity index (χ1n) is 6.37. The van der Waals surface area contributed by atoms with Crippen molar-refractivity contribution in [1.82, 2.24) is 9.88 Å². The van der Waals surface area contributed by atoms with Crippen molar-refractivity contribution in [1.29, 1.82) is 0 Å². The summed E-state index contributed by atoms with van der Waals surface area (Å²) in [4.78, 5) is 11.5. The molecule has 1 aliphatic heterocycles. The second-order valence-corrected chi connectivity index (χ2v) is 4.87. The molecule has 0 unspecified atom stereocenters. The van der Waals surface area contributed by atoms with E-state index in [1.165, 1.54) is 12.8 Å². The molecule has 1 atom stereocenters. The van der Waals surface area contributed by atoms with Gasteiger partial charge in [0.2, 0.25) is 0 Å². The molecule has 2 aromatic rings. The zero-order valence-electron chi connectivity index (χ0n) is 10.2. The SMILES string of the molecule is NC(=O)c1cn(C[C@@H]2CCCN2)c2ccccc12. The minimum Gasteiger partial charge on any atom is -0.366 e. The number of hydrogen-bond donors (Lipinski definition) is 2. The second kappa shape index (κ2) is 4.46. The molecule has 3 rings (SSSR count). The third-order valence-corrected chi connectivity index (χ3v) is 3.63. The highest BCUT2D eigenvalue weighted by molar-refractivity contribution is 6.06. The molecule has 0 spiro atoms. The highest BCUT2D eigenvalue weighted by Gasteiger charge is 2.17. The number of hydrogen-bond acceptors (Lipinski definition) is 2. The maximum absolute atomic E-state index is 11.5. The lowest BCUT2D eigenvalue weighted by Crippen LogP contribution is -2.26. The molecule has 94 valence electrons. The van der Waals surface area contributed by atoms with Gasteiger partial charge in [0.1, 0.15) is 0 Å². The second-order valence-electron chi connectivity index (χ2n) is 4.87. The molecule has 1 fully saturated rings. The fourth-order valence-electron chi connectivity index (χ4n) is 2.74. The Morgan fingerprint density at radius 3 is 3.00 bits per heavy atom. The topological polar surface area (TPSA) is 60.1 Å². The van der Waals surface area contributed by atoms with Gasteiger partial charge in [-0.3, -0.25) is 4.79 Å². The molecule has 3 N–H and O–H groups in total. The van der Waals surface area contributed by atoms with Gasteiger partial charge in [-0.25, -0.2) is 0 Å². The maximum Gasteiger partial charge on any atom is 0.250 e. The molecule has 4 nitrogen and oxygen atoms in total. The van der Waals surface area contributed by atoms with Gasteiger partial charge >= 0.3 is 0 Å². The van der Waals surface area contributed by atoms with Crippen LogP contribution < -0.4 is 11.1 Å². The molecule has 0 saturated carbocycles. The number of para-hydroxylation sites is 1. The summed E-state index contributed by atoms with van der Waals surface area (Å²) in [6.45, 7) is 1.99. The van der Waals surface area contributed by atoms with E-state index in [-0.39, 0.29) is 5.91 Å². The fourth-order valence-corrected chi connectivity index (χ4v) is 2.74. The number of rotatable bonds is 3. The Hall–Kier alpha value is -1.81. The van der Waals surface area contributed by atoms with E-state index in [1.807, 2.05) is 30.5 Å². The van der Waals surface area contributed by atoms with E-state index in [2.05, 4.69) is 9.88 Å². The van der Waals surface area contributed by atoms with Gasteiger partial charge in [-0.15, -0.1) is 0 Å². The average molecular weight is 243 g/mol. The first-order chi connectivity index (χ1) is 8.75. The number of carbonyl (C=O) groups excluding carboxylic acids is 1. The van der Waals surface area contributed by atoms with Crippen molar-refractivity contribution in [2.75, 3.05) is 6.54 Å². The number of primary amides is 1. The summed E-state index contributed by atoms with van der Waals surface area (Å²) in [7, 11) is 0. The number of benzene rings is 1. The van der Waals surface area contributed by atoms with Gasteiger partial charge in [0.25, 0.3) is 5.91 Å². The van der Waals surface area contributed by atoms with Crippen LogP contribution in [0.25, 0.3) is 10.9 Å². The summed E-state index contributed by atoms with van der Waals surface area (Å²) in [6, 6.07) is 8.42.